The molecule has 2 aromatic rings. The van der Waals surface area contributed by atoms with Crippen LogP contribution in [0.25, 0.3) is 0 Å². The normalized spacial score (nSPS) is 11.2. The molecular formula is C15H8F3O3-. The Morgan fingerprint density at radius 3 is 2.10 bits per heavy atom. The number of carboxylic acids is 1. The predicted octanol–water partition coefficient (Wildman–Crippen LogP) is 2.30. The van der Waals surface area contributed by atoms with Crippen LogP contribution in [0.5, 0.6) is 0 Å². The Hall–Kier alpha value is -2.63. The van der Waals surface area contributed by atoms with Gasteiger partial charge in [-0.15, -0.1) is 0 Å². The third-order valence-corrected chi connectivity index (χ3v) is 2.84. The predicted molar refractivity (Wildman–Crippen MR) is 65.6 cm³/mol. The Bertz CT molecular complexity index is 705. The lowest BCUT2D eigenvalue weighted by molar-refractivity contribution is -0.255. The Morgan fingerprint density at radius 1 is 0.905 bits per heavy atom. The number of hydrogen-bond donors (Lipinski definition) is 0. The number of aromatic carboxylic acids is 1. The Labute approximate surface area is 117 Å². The molecule has 0 N–H and O–H groups in total. The summed E-state index contributed by atoms with van der Waals surface area (Å²) in [4.78, 5) is 23.1. The monoisotopic (exact) mass is 293 g/mol. The second kappa shape index (κ2) is 5.40. The summed E-state index contributed by atoms with van der Waals surface area (Å²) in [7, 11) is 0. The van der Waals surface area contributed by atoms with Crippen LogP contribution >= 0.6 is 0 Å². The molecule has 0 aliphatic heterocycles. The molecule has 0 aliphatic carbocycles. The first-order chi connectivity index (χ1) is 9.80. The van der Waals surface area contributed by atoms with Crippen molar-refractivity contribution < 1.29 is 27.9 Å². The Kier molecular flexibility index (Phi) is 3.80. The van der Waals surface area contributed by atoms with Crippen LogP contribution in [0.1, 0.15) is 31.8 Å². The minimum atomic E-state index is -4.58. The molecule has 0 amide bonds. The SMILES string of the molecule is O=C([O-])c1ccccc1C(=O)c1cccc(C(F)(F)F)c1. The number of halogens is 3. The fourth-order valence-electron chi connectivity index (χ4n) is 1.85. The van der Waals surface area contributed by atoms with Crippen LogP contribution in [0.3, 0.4) is 0 Å². The van der Waals surface area contributed by atoms with Gasteiger partial charge in [-0.1, -0.05) is 36.4 Å². The maximum absolute atomic E-state index is 12.6. The van der Waals surface area contributed by atoms with Gasteiger partial charge in [-0.3, -0.25) is 4.79 Å². The third-order valence-electron chi connectivity index (χ3n) is 2.84. The number of carbonyl (C=O) groups is 2. The highest BCUT2D eigenvalue weighted by atomic mass is 19.4. The van der Waals surface area contributed by atoms with E-state index in [4.69, 9.17) is 0 Å². The molecule has 0 aliphatic rings. The quantitative estimate of drug-likeness (QED) is 0.816. The van der Waals surface area contributed by atoms with Crippen LogP contribution in [0, 0.1) is 0 Å². The Morgan fingerprint density at radius 2 is 1.52 bits per heavy atom. The van der Waals surface area contributed by atoms with E-state index in [1.807, 2.05) is 0 Å². The first kappa shape index (κ1) is 14.8. The second-order valence-electron chi connectivity index (χ2n) is 4.24. The van der Waals surface area contributed by atoms with Crippen molar-refractivity contribution in [1.29, 1.82) is 0 Å². The molecule has 2 rings (SSSR count). The van der Waals surface area contributed by atoms with Gasteiger partial charge in [0.05, 0.1) is 11.5 Å². The third kappa shape index (κ3) is 3.10. The van der Waals surface area contributed by atoms with Gasteiger partial charge in [-0.05, 0) is 12.1 Å². The summed E-state index contributed by atoms with van der Waals surface area (Å²) in [6, 6.07) is 9.03. The molecule has 0 unspecified atom stereocenters. The fraction of sp³-hybridized carbons (Fsp3) is 0.0667. The number of alkyl halides is 3. The second-order valence-corrected chi connectivity index (χ2v) is 4.24. The largest absolute Gasteiger partial charge is 0.545 e. The van der Waals surface area contributed by atoms with Gasteiger partial charge in [0.15, 0.2) is 5.78 Å². The molecule has 0 fully saturated rings. The van der Waals surface area contributed by atoms with Crippen molar-refractivity contribution in [2.24, 2.45) is 0 Å². The van der Waals surface area contributed by atoms with Crippen molar-refractivity contribution in [3.05, 3.63) is 70.8 Å². The molecule has 0 bridgehead atoms. The van der Waals surface area contributed by atoms with Crippen LogP contribution < -0.4 is 5.11 Å². The summed E-state index contributed by atoms with van der Waals surface area (Å²) in [5, 5.41) is 10.9. The topological polar surface area (TPSA) is 57.2 Å². The summed E-state index contributed by atoms with van der Waals surface area (Å²) in [6.45, 7) is 0. The number of carbonyl (C=O) groups excluding carboxylic acids is 2. The van der Waals surface area contributed by atoms with Gasteiger partial charge in [0.25, 0.3) is 0 Å². The van der Waals surface area contributed by atoms with Crippen LogP contribution in [-0.2, 0) is 6.18 Å². The maximum Gasteiger partial charge on any atom is 0.416 e. The van der Waals surface area contributed by atoms with Gasteiger partial charge in [0.1, 0.15) is 0 Å². The minimum absolute atomic E-state index is 0.211. The van der Waals surface area contributed by atoms with Gasteiger partial charge in [-0.2, -0.15) is 13.2 Å². The summed E-state index contributed by atoms with van der Waals surface area (Å²) in [5.74, 6) is -2.37. The number of carboxylic acid groups (broad SMARTS) is 1. The van der Waals surface area contributed by atoms with Crippen molar-refractivity contribution in [2.45, 2.75) is 6.18 Å². The lowest BCUT2D eigenvalue weighted by atomic mass is 9.97. The molecule has 0 saturated carbocycles. The zero-order valence-electron chi connectivity index (χ0n) is 10.5. The van der Waals surface area contributed by atoms with E-state index in [0.717, 1.165) is 18.2 Å². The summed E-state index contributed by atoms with van der Waals surface area (Å²) >= 11 is 0. The van der Waals surface area contributed by atoms with Gasteiger partial charge < -0.3 is 9.90 Å². The van der Waals surface area contributed by atoms with Gasteiger partial charge in [0.2, 0.25) is 0 Å². The molecule has 0 atom stereocenters. The molecule has 21 heavy (non-hydrogen) atoms. The summed E-state index contributed by atoms with van der Waals surface area (Å²) < 4.78 is 37.9. The number of rotatable bonds is 3. The van der Waals surface area contributed by atoms with E-state index in [0.29, 0.717) is 6.07 Å². The summed E-state index contributed by atoms with van der Waals surface area (Å²) in [5.41, 5.74) is -1.78. The van der Waals surface area contributed by atoms with Crippen molar-refractivity contribution in [3.63, 3.8) is 0 Å². The highest BCUT2D eigenvalue weighted by Crippen LogP contribution is 2.30. The van der Waals surface area contributed by atoms with Gasteiger partial charge in [-0.25, -0.2) is 0 Å². The lowest BCUT2D eigenvalue weighted by Crippen LogP contribution is -2.25. The molecule has 0 heterocycles. The molecule has 108 valence electrons. The molecule has 0 radical (unpaired) electrons. The lowest BCUT2D eigenvalue weighted by Gasteiger charge is -2.11. The standard InChI is InChI=1S/C15H9F3O3/c16-15(17,18)10-5-3-4-9(8-10)13(19)11-6-1-2-7-12(11)14(20)21/h1-8H,(H,20,21)/p-1. The van der Waals surface area contributed by atoms with Gasteiger partial charge in [0, 0.05) is 16.7 Å². The first-order valence-corrected chi connectivity index (χ1v) is 5.83. The van der Waals surface area contributed by atoms with E-state index in [9.17, 15) is 27.9 Å². The highest BCUT2D eigenvalue weighted by Gasteiger charge is 2.31. The number of hydrogen-bond acceptors (Lipinski definition) is 3. The maximum atomic E-state index is 12.6. The van der Waals surface area contributed by atoms with Crippen molar-refractivity contribution >= 4 is 11.8 Å². The number of benzene rings is 2. The molecule has 0 spiro atoms. The van der Waals surface area contributed by atoms with E-state index in [2.05, 4.69) is 0 Å². The van der Waals surface area contributed by atoms with Crippen molar-refractivity contribution in [2.75, 3.05) is 0 Å². The van der Waals surface area contributed by atoms with E-state index >= 15 is 0 Å². The minimum Gasteiger partial charge on any atom is -0.545 e. The zero-order valence-corrected chi connectivity index (χ0v) is 10.5. The van der Waals surface area contributed by atoms with Crippen LogP contribution in [0.2, 0.25) is 0 Å². The molecule has 2 aromatic carbocycles. The van der Waals surface area contributed by atoms with Crippen LogP contribution in [0.15, 0.2) is 48.5 Å². The Balaban J connectivity index is 2.49. The van der Waals surface area contributed by atoms with E-state index in [-0.39, 0.29) is 16.7 Å². The first-order valence-electron chi connectivity index (χ1n) is 5.83. The molecule has 0 aromatic heterocycles. The average Bonchev–Trinajstić information content (AvgIpc) is 2.45. The van der Waals surface area contributed by atoms with Gasteiger partial charge >= 0.3 is 6.18 Å². The van der Waals surface area contributed by atoms with Crippen LogP contribution in [0.4, 0.5) is 13.2 Å². The molecular weight excluding hydrogens is 285 g/mol. The smallest absolute Gasteiger partial charge is 0.416 e. The average molecular weight is 293 g/mol. The fourth-order valence-corrected chi connectivity index (χ4v) is 1.85. The van der Waals surface area contributed by atoms with Crippen molar-refractivity contribution in [1.82, 2.24) is 0 Å². The number of ketones is 1. The zero-order chi connectivity index (χ0) is 15.6. The molecule has 3 nitrogen and oxygen atoms in total. The van der Waals surface area contributed by atoms with E-state index in [1.54, 1.807) is 0 Å². The van der Waals surface area contributed by atoms with Crippen LogP contribution in [-0.4, -0.2) is 11.8 Å². The molecule has 0 saturated heterocycles. The van der Waals surface area contributed by atoms with E-state index < -0.39 is 23.5 Å². The summed E-state index contributed by atoms with van der Waals surface area (Å²) in [6.07, 6.45) is -4.58. The van der Waals surface area contributed by atoms with E-state index in [1.165, 1.54) is 24.3 Å². The van der Waals surface area contributed by atoms with Crippen molar-refractivity contribution in [3.8, 4) is 0 Å². The highest BCUT2D eigenvalue weighted by molar-refractivity contribution is 6.14. The molecule has 6 heteroatoms.